The molecule has 1 heteroatoms. The number of nitrogens with one attached hydrogen (secondary N) is 1. The van der Waals surface area contributed by atoms with Gasteiger partial charge in [-0.15, -0.1) is 0 Å². The maximum Gasteiger partial charge on any atom is 0.0602 e. The normalized spacial score (nSPS) is 35.6. The standard InChI is InChI=1S/C11H11N/c1-11-7-6-10(12-11)8-4-2-3-5-9(8)11/h2-7,10,12H,1H3. The van der Waals surface area contributed by atoms with Gasteiger partial charge in [-0.2, -0.15) is 0 Å². The third-order valence-corrected chi connectivity index (χ3v) is 2.93. The number of hydrogen-bond acceptors (Lipinski definition) is 1. The smallest absolute Gasteiger partial charge is 0.0602 e. The van der Waals surface area contributed by atoms with Gasteiger partial charge in [0.15, 0.2) is 0 Å². The van der Waals surface area contributed by atoms with Crippen molar-refractivity contribution in [1.82, 2.24) is 5.32 Å². The van der Waals surface area contributed by atoms with Crippen LogP contribution >= 0.6 is 0 Å². The van der Waals surface area contributed by atoms with Crippen LogP contribution < -0.4 is 5.32 Å². The molecule has 0 saturated heterocycles. The van der Waals surface area contributed by atoms with Gasteiger partial charge >= 0.3 is 0 Å². The molecule has 2 aliphatic heterocycles. The van der Waals surface area contributed by atoms with E-state index in [1.54, 1.807) is 0 Å². The molecule has 2 unspecified atom stereocenters. The fourth-order valence-corrected chi connectivity index (χ4v) is 2.30. The second-order valence-corrected chi connectivity index (χ2v) is 3.77. The summed E-state index contributed by atoms with van der Waals surface area (Å²) in [5.41, 5.74) is 3.00. The fourth-order valence-electron chi connectivity index (χ4n) is 2.30. The summed E-state index contributed by atoms with van der Waals surface area (Å²) in [6.45, 7) is 2.23. The molecule has 0 fully saturated rings. The molecule has 0 radical (unpaired) electrons. The molecule has 1 nitrogen and oxygen atoms in total. The Bertz CT molecular complexity index is 367. The van der Waals surface area contributed by atoms with Gasteiger partial charge in [-0.1, -0.05) is 36.4 Å². The largest absolute Gasteiger partial charge is 0.294 e. The zero-order valence-corrected chi connectivity index (χ0v) is 7.04. The van der Waals surface area contributed by atoms with Gasteiger partial charge < -0.3 is 0 Å². The zero-order chi connectivity index (χ0) is 8.18. The molecule has 1 N–H and O–H groups in total. The first-order valence-electron chi connectivity index (χ1n) is 4.36. The van der Waals surface area contributed by atoms with Crippen LogP contribution in [-0.4, -0.2) is 0 Å². The van der Waals surface area contributed by atoms with E-state index in [0.29, 0.717) is 6.04 Å². The highest BCUT2D eigenvalue weighted by Crippen LogP contribution is 2.43. The van der Waals surface area contributed by atoms with Gasteiger partial charge in [0, 0.05) is 0 Å². The Morgan fingerprint density at radius 1 is 1.33 bits per heavy atom. The van der Waals surface area contributed by atoms with Crippen LogP contribution in [0.25, 0.3) is 0 Å². The number of benzene rings is 1. The quantitative estimate of drug-likeness (QED) is 0.569. The topological polar surface area (TPSA) is 12.0 Å². The van der Waals surface area contributed by atoms with Crippen LogP contribution in [0.4, 0.5) is 0 Å². The molecule has 2 bridgehead atoms. The minimum atomic E-state index is 0.112. The van der Waals surface area contributed by atoms with Crippen LogP contribution in [0.1, 0.15) is 24.1 Å². The average molecular weight is 157 g/mol. The molecule has 0 aliphatic carbocycles. The lowest BCUT2D eigenvalue weighted by Crippen LogP contribution is -2.27. The molecule has 2 atom stereocenters. The molecule has 2 aliphatic rings. The van der Waals surface area contributed by atoms with Crippen LogP contribution in [0, 0.1) is 0 Å². The van der Waals surface area contributed by atoms with Crippen LogP contribution in [0.3, 0.4) is 0 Å². The maximum atomic E-state index is 3.56. The predicted molar refractivity (Wildman–Crippen MR) is 48.8 cm³/mol. The summed E-state index contributed by atoms with van der Waals surface area (Å²) in [6, 6.07) is 9.11. The first-order valence-corrected chi connectivity index (χ1v) is 4.36. The first-order chi connectivity index (χ1) is 5.80. The molecule has 0 spiro atoms. The Morgan fingerprint density at radius 2 is 2.17 bits per heavy atom. The van der Waals surface area contributed by atoms with Crippen molar-refractivity contribution >= 4 is 0 Å². The van der Waals surface area contributed by atoms with Gasteiger partial charge in [0.2, 0.25) is 0 Å². The summed E-state index contributed by atoms with van der Waals surface area (Å²) in [6.07, 6.45) is 4.52. The summed E-state index contributed by atoms with van der Waals surface area (Å²) in [7, 11) is 0. The molecular weight excluding hydrogens is 146 g/mol. The van der Waals surface area contributed by atoms with Gasteiger partial charge in [0.25, 0.3) is 0 Å². The molecule has 3 rings (SSSR count). The summed E-state index contributed by atoms with van der Waals surface area (Å²) in [5, 5.41) is 3.56. The van der Waals surface area contributed by atoms with E-state index in [9.17, 15) is 0 Å². The maximum absolute atomic E-state index is 3.56. The first kappa shape index (κ1) is 6.44. The van der Waals surface area contributed by atoms with Crippen LogP contribution in [-0.2, 0) is 5.54 Å². The lowest BCUT2D eigenvalue weighted by Gasteiger charge is -2.18. The van der Waals surface area contributed by atoms with E-state index in [4.69, 9.17) is 0 Å². The Hall–Kier alpha value is -1.08. The molecule has 60 valence electrons. The van der Waals surface area contributed by atoms with Gasteiger partial charge in [-0.05, 0) is 18.1 Å². The Balaban J connectivity index is 2.31. The van der Waals surface area contributed by atoms with Gasteiger partial charge in [-0.25, -0.2) is 0 Å². The lowest BCUT2D eigenvalue weighted by molar-refractivity contribution is 0.507. The summed E-state index contributed by atoms with van der Waals surface area (Å²) in [5.74, 6) is 0. The van der Waals surface area contributed by atoms with E-state index in [2.05, 4.69) is 48.7 Å². The van der Waals surface area contributed by atoms with Crippen molar-refractivity contribution in [2.24, 2.45) is 0 Å². The van der Waals surface area contributed by atoms with E-state index in [1.807, 2.05) is 0 Å². The van der Waals surface area contributed by atoms with Crippen molar-refractivity contribution < 1.29 is 0 Å². The third kappa shape index (κ3) is 0.585. The second kappa shape index (κ2) is 1.80. The molecule has 0 saturated carbocycles. The molecule has 2 heterocycles. The molecule has 0 amide bonds. The van der Waals surface area contributed by atoms with E-state index in [1.165, 1.54) is 11.1 Å². The van der Waals surface area contributed by atoms with Crippen molar-refractivity contribution in [3.63, 3.8) is 0 Å². The van der Waals surface area contributed by atoms with E-state index < -0.39 is 0 Å². The number of hydrogen-bond donors (Lipinski definition) is 1. The Kier molecular flexibility index (Phi) is 0.968. The fraction of sp³-hybridized carbons (Fsp3) is 0.273. The zero-order valence-electron chi connectivity index (χ0n) is 7.04. The average Bonchev–Trinajstić information content (AvgIpc) is 2.60. The van der Waals surface area contributed by atoms with Crippen LogP contribution in [0.2, 0.25) is 0 Å². The monoisotopic (exact) mass is 157 g/mol. The highest BCUT2D eigenvalue weighted by Gasteiger charge is 2.40. The van der Waals surface area contributed by atoms with Gasteiger partial charge in [0.05, 0.1) is 11.6 Å². The minimum Gasteiger partial charge on any atom is -0.294 e. The van der Waals surface area contributed by atoms with E-state index in [-0.39, 0.29) is 5.54 Å². The third-order valence-electron chi connectivity index (χ3n) is 2.93. The summed E-state index contributed by atoms with van der Waals surface area (Å²) in [4.78, 5) is 0. The van der Waals surface area contributed by atoms with Crippen molar-refractivity contribution in [3.05, 3.63) is 47.5 Å². The number of fused-ring (bicyclic) bond motifs is 5. The molecule has 0 aromatic heterocycles. The highest BCUT2D eigenvalue weighted by molar-refractivity contribution is 5.49. The summed E-state index contributed by atoms with van der Waals surface area (Å²) < 4.78 is 0. The lowest BCUT2D eigenvalue weighted by atomic mass is 9.88. The van der Waals surface area contributed by atoms with Gasteiger partial charge in [-0.3, -0.25) is 5.32 Å². The van der Waals surface area contributed by atoms with Gasteiger partial charge in [0.1, 0.15) is 0 Å². The van der Waals surface area contributed by atoms with Crippen molar-refractivity contribution in [3.8, 4) is 0 Å². The minimum absolute atomic E-state index is 0.112. The molecule has 1 aromatic carbocycles. The Labute approximate surface area is 72.1 Å². The van der Waals surface area contributed by atoms with Crippen LogP contribution in [0.15, 0.2) is 36.4 Å². The predicted octanol–water partition coefficient (Wildman–Crippen LogP) is 2.12. The molecule has 12 heavy (non-hydrogen) atoms. The molecule has 1 aromatic rings. The van der Waals surface area contributed by atoms with Crippen molar-refractivity contribution in [2.45, 2.75) is 18.5 Å². The molecular formula is C11H11N. The highest BCUT2D eigenvalue weighted by atomic mass is 15.1. The van der Waals surface area contributed by atoms with Crippen LogP contribution in [0.5, 0.6) is 0 Å². The second-order valence-electron chi connectivity index (χ2n) is 3.77. The van der Waals surface area contributed by atoms with E-state index >= 15 is 0 Å². The van der Waals surface area contributed by atoms with Crippen molar-refractivity contribution in [1.29, 1.82) is 0 Å². The number of rotatable bonds is 0. The summed E-state index contributed by atoms with van der Waals surface area (Å²) >= 11 is 0. The Morgan fingerprint density at radius 3 is 3.00 bits per heavy atom. The SMILES string of the molecule is CC12C=CC(N1)c1ccccc12. The van der Waals surface area contributed by atoms with Crippen molar-refractivity contribution in [2.75, 3.05) is 0 Å². The van der Waals surface area contributed by atoms with E-state index in [0.717, 1.165) is 0 Å².